The van der Waals surface area contributed by atoms with Crippen molar-refractivity contribution in [1.29, 1.82) is 0 Å². The zero-order valence-electron chi connectivity index (χ0n) is 16.3. The van der Waals surface area contributed by atoms with Crippen molar-refractivity contribution in [3.8, 4) is 5.75 Å². The van der Waals surface area contributed by atoms with Crippen LogP contribution in [0.1, 0.15) is 28.8 Å². The van der Waals surface area contributed by atoms with Gasteiger partial charge in [0.25, 0.3) is 5.91 Å². The Morgan fingerprint density at radius 3 is 2.55 bits per heavy atom. The van der Waals surface area contributed by atoms with E-state index in [-0.39, 0.29) is 12.0 Å². The maximum absolute atomic E-state index is 12.4. The van der Waals surface area contributed by atoms with Crippen molar-refractivity contribution >= 4 is 17.6 Å². The lowest BCUT2D eigenvalue weighted by Crippen LogP contribution is -2.26. The van der Waals surface area contributed by atoms with Gasteiger partial charge >= 0.3 is 0 Å². The number of hydrogen-bond acceptors (Lipinski definition) is 6. The van der Waals surface area contributed by atoms with Gasteiger partial charge in [0, 0.05) is 37.2 Å². The molecule has 0 radical (unpaired) electrons. The highest BCUT2D eigenvalue weighted by molar-refractivity contribution is 5.95. The number of ether oxygens (including phenoxy) is 2. The molecule has 0 unspecified atom stereocenters. The monoisotopic (exact) mass is 394 g/mol. The molecule has 152 valence electrons. The molecule has 7 heteroatoms. The molecule has 4 rings (SSSR count). The van der Waals surface area contributed by atoms with Crippen LogP contribution in [0.4, 0.5) is 5.69 Å². The molecule has 2 aliphatic heterocycles. The molecular formula is C22H26N4O3. The molecule has 29 heavy (non-hydrogen) atoms. The van der Waals surface area contributed by atoms with E-state index >= 15 is 0 Å². The highest BCUT2D eigenvalue weighted by Crippen LogP contribution is 2.18. The van der Waals surface area contributed by atoms with E-state index in [0.717, 1.165) is 62.1 Å². The molecule has 1 saturated heterocycles. The summed E-state index contributed by atoms with van der Waals surface area (Å²) in [7, 11) is 0. The second-order valence-corrected chi connectivity index (χ2v) is 7.12. The molecule has 0 aromatic heterocycles. The third kappa shape index (κ3) is 5.48. The Balaban J connectivity index is 1.25. The highest BCUT2D eigenvalue weighted by atomic mass is 16.5. The predicted molar refractivity (Wildman–Crippen MR) is 112 cm³/mol. The number of hydrogen-bond donors (Lipinski definition) is 3. The fraction of sp³-hybridized carbons (Fsp3) is 0.364. The number of guanidine groups is 1. The lowest BCUT2D eigenvalue weighted by atomic mass is 10.1. The minimum Gasteiger partial charge on any atom is -0.490 e. The van der Waals surface area contributed by atoms with E-state index < -0.39 is 0 Å². The van der Waals surface area contributed by atoms with Gasteiger partial charge in [0.1, 0.15) is 11.9 Å². The Labute approximate surface area is 170 Å². The van der Waals surface area contributed by atoms with Crippen molar-refractivity contribution in [2.24, 2.45) is 4.99 Å². The van der Waals surface area contributed by atoms with E-state index in [4.69, 9.17) is 9.47 Å². The summed E-state index contributed by atoms with van der Waals surface area (Å²) in [6.07, 6.45) is 2.00. The second kappa shape index (κ2) is 9.43. The van der Waals surface area contributed by atoms with Crippen molar-refractivity contribution in [3.63, 3.8) is 0 Å². The summed E-state index contributed by atoms with van der Waals surface area (Å²) in [6.45, 7) is 3.63. The second-order valence-electron chi connectivity index (χ2n) is 7.12. The van der Waals surface area contributed by atoms with Gasteiger partial charge in [-0.05, 0) is 42.0 Å². The summed E-state index contributed by atoms with van der Waals surface area (Å²) in [4.78, 5) is 16.7. The van der Waals surface area contributed by atoms with Crippen LogP contribution < -0.4 is 20.7 Å². The van der Waals surface area contributed by atoms with Gasteiger partial charge in [-0.15, -0.1) is 0 Å². The maximum Gasteiger partial charge on any atom is 0.251 e. The van der Waals surface area contributed by atoms with Gasteiger partial charge in [-0.3, -0.25) is 9.79 Å². The van der Waals surface area contributed by atoms with Gasteiger partial charge < -0.3 is 25.4 Å². The molecule has 0 spiro atoms. The minimum atomic E-state index is -0.102. The Morgan fingerprint density at radius 2 is 1.86 bits per heavy atom. The first-order valence-electron chi connectivity index (χ1n) is 10.0. The summed E-state index contributed by atoms with van der Waals surface area (Å²) in [5, 5.41) is 9.35. The first-order valence-corrected chi connectivity index (χ1v) is 10.0. The van der Waals surface area contributed by atoms with Gasteiger partial charge in [-0.1, -0.05) is 12.1 Å². The topological polar surface area (TPSA) is 84.0 Å². The van der Waals surface area contributed by atoms with E-state index in [0.29, 0.717) is 12.1 Å². The van der Waals surface area contributed by atoms with Crippen molar-refractivity contribution in [2.75, 3.05) is 31.6 Å². The molecule has 2 heterocycles. The van der Waals surface area contributed by atoms with Gasteiger partial charge in [0.15, 0.2) is 5.96 Å². The first kappa shape index (κ1) is 19.3. The lowest BCUT2D eigenvalue weighted by molar-refractivity contribution is 0.0256. The number of nitrogens with one attached hydrogen (secondary N) is 3. The normalized spacial score (nSPS) is 16.6. The quantitative estimate of drug-likeness (QED) is 0.701. The molecule has 2 aromatic carbocycles. The molecule has 1 amide bonds. The SMILES string of the molecule is O=C(NCc1ccc(NC2=NCCN2)cc1)c1ccc(OC2CCOCC2)cc1. The summed E-state index contributed by atoms with van der Waals surface area (Å²) >= 11 is 0. The third-order valence-electron chi connectivity index (χ3n) is 4.93. The van der Waals surface area contributed by atoms with Crippen LogP contribution in [0.2, 0.25) is 0 Å². The largest absolute Gasteiger partial charge is 0.490 e. The molecule has 3 N–H and O–H groups in total. The Hall–Kier alpha value is -3.06. The Kier molecular flexibility index (Phi) is 6.26. The number of benzene rings is 2. The molecular weight excluding hydrogens is 368 g/mol. The number of carbonyl (C=O) groups is 1. The average Bonchev–Trinajstić information content (AvgIpc) is 3.27. The molecule has 0 aliphatic carbocycles. The molecule has 0 atom stereocenters. The predicted octanol–water partition coefficient (Wildman–Crippen LogP) is 2.55. The van der Waals surface area contributed by atoms with E-state index in [1.807, 2.05) is 36.4 Å². The van der Waals surface area contributed by atoms with Crippen LogP contribution in [-0.2, 0) is 11.3 Å². The summed E-state index contributed by atoms with van der Waals surface area (Å²) in [5.74, 6) is 1.49. The van der Waals surface area contributed by atoms with Gasteiger partial charge in [0.05, 0.1) is 19.8 Å². The number of aliphatic imine (C=N–C) groups is 1. The summed E-state index contributed by atoms with van der Waals surface area (Å²) < 4.78 is 11.3. The van der Waals surface area contributed by atoms with Crippen LogP contribution in [0, 0.1) is 0 Å². The van der Waals surface area contributed by atoms with Crippen LogP contribution >= 0.6 is 0 Å². The summed E-state index contributed by atoms with van der Waals surface area (Å²) in [6, 6.07) is 15.2. The summed E-state index contributed by atoms with van der Waals surface area (Å²) in [5.41, 5.74) is 2.62. The van der Waals surface area contributed by atoms with Crippen molar-refractivity contribution < 1.29 is 14.3 Å². The highest BCUT2D eigenvalue weighted by Gasteiger charge is 2.15. The molecule has 0 bridgehead atoms. The third-order valence-corrected chi connectivity index (χ3v) is 4.93. The number of nitrogens with zero attached hydrogens (tertiary/aromatic N) is 1. The first-order chi connectivity index (χ1) is 14.3. The number of amides is 1. The average molecular weight is 394 g/mol. The fourth-order valence-electron chi connectivity index (χ4n) is 3.28. The molecule has 7 nitrogen and oxygen atoms in total. The van der Waals surface area contributed by atoms with Crippen molar-refractivity contribution in [1.82, 2.24) is 10.6 Å². The number of anilines is 1. The van der Waals surface area contributed by atoms with Crippen molar-refractivity contribution in [2.45, 2.75) is 25.5 Å². The molecule has 1 fully saturated rings. The maximum atomic E-state index is 12.4. The van der Waals surface area contributed by atoms with Crippen LogP contribution in [0.3, 0.4) is 0 Å². The Bertz CT molecular complexity index is 843. The standard InChI is InChI=1S/C22H26N4O3/c27-21(17-3-7-19(8-4-17)29-20-9-13-28-14-10-20)25-15-16-1-5-18(6-2-16)26-22-23-11-12-24-22/h1-8,20H,9-15H2,(H,25,27)(H2,23,24,26). The van der Waals surface area contributed by atoms with Crippen molar-refractivity contribution in [3.05, 3.63) is 59.7 Å². The van der Waals surface area contributed by atoms with E-state index in [2.05, 4.69) is 20.9 Å². The minimum absolute atomic E-state index is 0.102. The lowest BCUT2D eigenvalue weighted by Gasteiger charge is -2.23. The van der Waals surface area contributed by atoms with Crippen LogP contribution in [0.15, 0.2) is 53.5 Å². The van der Waals surface area contributed by atoms with Crippen LogP contribution in [0.5, 0.6) is 5.75 Å². The zero-order chi connectivity index (χ0) is 19.9. The van der Waals surface area contributed by atoms with Crippen LogP contribution in [-0.4, -0.2) is 44.3 Å². The molecule has 2 aliphatic rings. The molecule has 0 saturated carbocycles. The zero-order valence-corrected chi connectivity index (χ0v) is 16.3. The van der Waals surface area contributed by atoms with E-state index in [9.17, 15) is 4.79 Å². The number of carbonyl (C=O) groups excluding carboxylic acids is 1. The molecule has 2 aromatic rings. The number of rotatable bonds is 6. The van der Waals surface area contributed by atoms with Crippen LogP contribution in [0.25, 0.3) is 0 Å². The smallest absolute Gasteiger partial charge is 0.251 e. The Morgan fingerprint density at radius 1 is 1.10 bits per heavy atom. The van der Waals surface area contributed by atoms with Gasteiger partial charge in [-0.25, -0.2) is 0 Å². The van der Waals surface area contributed by atoms with Gasteiger partial charge in [0.2, 0.25) is 0 Å². The van der Waals surface area contributed by atoms with E-state index in [1.54, 1.807) is 12.1 Å². The van der Waals surface area contributed by atoms with E-state index in [1.165, 1.54) is 0 Å². The fourth-order valence-corrected chi connectivity index (χ4v) is 3.28. The van der Waals surface area contributed by atoms with Gasteiger partial charge in [-0.2, -0.15) is 0 Å².